The maximum atomic E-state index is 13.8. The van der Waals surface area contributed by atoms with Crippen molar-refractivity contribution in [3.8, 4) is 0 Å². The molecule has 2 aromatic carbocycles. The van der Waals surface area contributed by atoms with Gasteiger partial charge in [0.05, 0.1) is 15.9 Å². The normalized spacial score (nSPS) is 13.5. The number of aromatic nitrogens is 1. The number of likely N-dealkylation sites (N-methyl/N-ethyl adjacent to an activating group) is 1. The maximum absolute atomic E-state index is 13.8. The molecule has 0 atom stereocenters. The number of thiazole rings is 1. The van der Waals surface area contributed by atoms with Crippen LogP contribution in [-0.4, -0.2) is 53.8 Å². The van der Waals surface area contributed by atoms with Crippen molar-refractivity contribution in [3.05, 3.63) is 53.6 Å². The first-order valence-electron chi connectivity index (χ1n) is 11.8. The van der Waals surface area contributed by atoms with Crippen molar-refractivity contribution in [3.63, 3.8) is 0 Å². The van der Waals surface area contributed by atoms with Gasteiger partial charge in [0.2, 0.25) is 11.8 Å². The van der Waals surface area contributed by atoms with Gasteiger partial charge in [0, 0.05) is 31.5 Å². The first kappa shape index (κ1) is 26.8. The second-order valence-corrected chi connectivity index (χ2v) is 9.32. The van der Waals surface area contributed by atoms with Crippen LogP contribution in [0, 0.1) is 0 Å². The molecule has 2 heterocycles. The lowest BCUT2D eigenvalue weighted by atomic mass is 10.1. The van der Waals surface area contributed by atoms with Crippen LogP contribution in [0.3, 0.4) is 0 Å². The predicted octanol–water partition coefficient (Wildman–Crippen LogP) is 4.92. The van der Waals surface area contributed by atoms with Gasteiger partial charge in [-0.1, -0.05) is 44.2 Å². The number of hydrogen-bond acceptors (Lipinski definition) is 6. The molecule has 3 amide bonds. The van der Waals surface area contributed by atoms with Crippen LogP contribution < -0.4 is 9.80 Å². The summed E-state index contributed by atoms with van der Waals surface area (Å²) in [5.74, 6) is -0.653. The highest BCUT2D eigenvalue weighted by atomic mass is 35.5. The Bertz CT molecular complexity index is 1210. The van der Waals surface area contributed by atoms with E-state index in [-0.39, 0.29) is 43.0 Å². The van der Waals surface area contributed by atoms with Crippen LogP contribution >= 0.6 is 23.7 Å². The zero-order chi connectivity index (χ0) is 24.2. The van der Waals surface area contributed by atoms with Crippen LogP contribution in [0.4, 0.5) is 10.8 Å². The number of hydrogen-bond donors (Lipinski definition) is 0. The van der Waals surface area contributed by atoms with E-state index in [0.717, 1.165) is 36.3 Å². The zero-order valence-corrected chi connectivity index (χ0v) is 22.0. The minimum atomic E-state index is -0.231. The Balaban J connectivity index is 0.00000342. The van der Waals surface area contributed by atoms with Gasteiger partial charge in [-0.3, -0.25) is 24.2 Å². The zero-order valence-electron chi connectivity index (χ0n) is 20.3. The molecule has 1 aliphatic heterocycles. The number of halogens is 1. The minimum Gasteiger partial charge on any atom is -0.302 e. The van der Waals surface area contributed by atoms with Gasteiger partial charge in [-0.2, -0.15) is 0 Å². The number of rotatable bonds is 9. The van der Waals surface area contributed by atoms with Crippen molar-refractivity contribution < 1.29 is 14.4 Å². The fraction of sp³-hybridized carbons (Fsp3) is 0.385. The molecule has 0 unspecified atom stereocenters. The lowest BCUT2D eigenvalue weighted by Crippen LogP contribution is -2.39. The summed E-state index contributed by atoms with van der Waals surface area (Å²) in [4.78, 5) is 48.1. The largest absolute Gasteiger partial charge is 0.302 e. The first-order valence-corrected chi connectivity index (χ1v) is 12.7. The molecule has 0 bridgehead atoms. The van der Waals surface area contributed by atoms with E-state index in [9.17, 15) is 14.4 Å². The van der Waals surface area contributed by atoms with Gasteiger partial charge in [-0.05, 0) is 55.4 Å². The molecule has 1 aliphatic rings. The second kappa shape index (κ2) is 11.7. The Hall–Kier alpha value is -2.81. The Labute approximate surface area is 216 Å². The number of imide groups is 1. The van der Waals surface area contributed by atoms with Crippen LogP contribution in [0.15, 0.2) is 42.5 Å². The van der Waals surface area contributed by atoms with Crippen LogP contribution in [-0.2, 0) is 16.0 Å². The molecule has 35 heavy (non-hydrogen) atoms. The summed E-state index contributed by atoms with van der Waals surface area (Å²) in [6.45, 7) is 9.33. The number of anilines is 2. The average Bonchev–Trinajstić information content (AvgIpc) is 3.43. The van der Waals surface area contributed by atoms with E-state index in [2.05, 4.69) is 37.8 Å². The van der Waals surface area contributed by atoms with E-state index in [4.69, 9.17) is 4.98 Å². The monoisotopic (exact) mass is 514 g/mol. The summed E-state index contributed by atoms with van der Waals surface area (Å²) >= 11 is 1.51. The molecule has 1 fully saturated rings. The van der Waals surface area contributed by atoms with E-state index in [1.807, 2.05) is 6.07 Å². The highest BCUT2D eigenvalue weighted by Gasteiger charge is 2.31. The molecule has 186 valence electrons. The third-order valence-electron chi connectivity index (χ3n) is 6.26. The number of benzene rings is 2. The third kappa shape index (κ3) is 5.72. The highest BCUT2D eigenvalue weighted by molar-refractivity contribution is 7.22. The minimum absolute atomic E-state index is 0. The summed E-state index contributed by atoms with van der Waals surface area (Å²) in [5.41, 5.74) is 2.98. The molecule has 9 heteroatoms. The van der Waals surface area contributed by atoms with E-state index >= 15 is 0 Å². The average molecular weight is 515 g/mol. The highest BCUT2D eigenvalue weighted by Crippen LogP contribution is 2.31. The first-order chi connectivity index (χ1) is 16.4. The Morgan fingerprint density at radius 3 is 2.37 bits per heavy atom. The van der Waals surface area contributed by atoms with Crippen LogP contribution in [0.2, 0.25) is 0 Å². The van der Waals surface area contributed by atoms with Crippen molar-refractivity contribution in [1.82, 2.24) is 9.88 Å². The quantitative estimate of drug-likeness (QED) is 0.379. The van der Waals surface area contributed by atoms with Gasteiger partial charge in [-0.25, -0.2) is 4.98 Å². The summed E-state index contributed by atoms with van der Waals surface area (Å²) in [6.07, 6.45) is 1.35. The summed E-state index contributed by atoms with van der Waals surface area (Å²) in [7, 11) is 0. The molecule has 3 aromatic rings. The number of amides is 3. The van der Waals surface area contributed by atoms with Crippen LogP contribution in [0.25, 0.3) is 10.2 Å². The number of nitrogens with zero attached hydrogens (tertiary/aromatic N) is 4. The summed E-state index contributed by atoms with van der Waals surface area (Å²) in [6, 6.07) is 13.0. The smallest absolute Gasteiger partial charge is 0.260 e. The van der Waals surface area contributed by atoms with Crippen LogP contribution in [0.1, 0.15) is 49.5 Å². The molecule has 0 aliphatic carbocycles. The number of aryl methyl sites for hydroxylation is 1. The lowest BCUT2D eigenvalue weighted by molar-refractivity contribution is -0.121. The molecule has 0 radical (unpaired) electrons. The Morgan fingerprint density at radius 1 is 1.00 bits per heavy atom. The molecule has 0 spiro atoms. The topological polar surface area (TPSA) is 73.8 Å². The standard InChI is InChI=1S/C26H30N4O3S.ClH/c1-4-18-10-11-21-22(16-18)34-26(27-21)29(15-14-28(5-2)6-3)25(33)19-8-7-9-20(17-19)30-23(31)12-13-24(30)32;/h7-11,16-17H,4-6,12-15H2,1-3H3;1H. The molecular formula is C26H31ClN4O3S. The van der Waals surface area contributed by atoms with E-state index in [1.165, 1.54) is 21.8 Å². The number of fused-ring (bicyclic) bond motifs is 1. The summed E-state index contributed by atoms with van der Waals surface area (Å²) < 4.78 is 1.05. The van der Waals surface area contributed by atoms with Crippen molar-refractivity contribution in [1.29, 1.82) is 0 Å². The molecule has 7 nitrogen and oxygen atoms in total. The Morgan fingerprint density at radius 2 is 1.71 bits per heavy atom. The van der Waals surface area contributed by atoms with Gasteiger partial charge >= 0.3 is 0 Å². The van der Waals surface area contributed by atoms with Gasteiger partial charge in [0.15, 0.2) is 5.13 Å². The molecule has 0 saturated carbocycles. The van der Waals surface area contributed by atoms with Gasteiger partial charge in [-0.15, -0.1) is 12.4 Å². The fourth-order valence-corrected chi connectivity index (χ4v) is 5.21. The molecule has 1 saturated heterocycles. The number of carbonyl (C=O) groups excluding carboxylic acids is 3. The van der Waals surface area contributed by atoms with E-state index in [1.54, 1.807) is 29.2 Å². The molecular weight excluding hydrogens is 484 g/mol. The fourth-order valence-electron chi connectivity index (χ4n) is 4.16. The van der Waals surface area contributed by atoms with Gasteiger partial charge < -0.3 is 4.90 Å². The molecule has 0 N–H and O–H groups in total. The summed E-state index contributed by atoms with van der Waals surface area (Å²) in [5, 5.41) is 0.652. The van der Waals surface area contributed by atoms with Crippen molar-refractivity contribution >= 4 is 62.5 Å². The van der Waals surface area contributed by atoms with Crippen LogP contribution in [0.5, 0.6) is 0 Å². The lowest BCUT2D eigenvalue weighted by Gasteiger charge is -2.25. The van der Waals surface area contributed by atoms with Gasteiger partial charge in [0.1, 0.15) is 0 Å². The predicted molar refractivity (Wildman–Crippen MR) is 144 cm³/mol. The SMILES string of the molecule is CCc1ccc2nc(N(CCN(CC)CC)C(=O)c3cccc(N4C(=O)CCC4=O)c3)sc2c1.Cl. The Kier molecular flexibility index (Phi) is 8.99. The van der Waals surface area contributed by atoms with E-state index in [0.29, 0.717) is 22.9 Å². The van der Waals surface area contributed by atoms with Gasteiger partial charge in [0.25, 0.3) is 5.91 Å². The molecule has 1 aromatic heterocycles. The van der Waals surface area contributed by atoms with Crippen molar-refractivity contribution in [2.45, 2.75) is 40.0 Å². The van der Waals surface area contributed by atoms with Crippen molar-refractivity contribution in [2.24, 2.45) is 0 Å². The van der Waals surface area contributed by atoms with Crippen molar-refractivity contribution in [2.75, 3.05) is 36.0 Å². The second-order valence-electron chi connectivity index (χ2n) is 8.31. The maximum Gasteiger partial charge on any atom is 0.260 e. The molecule has 4 rings (SSSR count). The third-order valence-corrected chi connectivity index (χ3v) is 7.30. The van der Waals surface area contributed by atoms with E-state index < -0.39 is 0 Å². The number of carbonyl (C=O) groups is 3.